The predicted octanol–water partition coefficient (Wildman–Crippen LogP) is 3.50. The normalized spacial score (nSPS) is 12.0. The van der Waals surface area contributed by atoms with Gasteiger partial charge in [-0.3, -0.25) is 4.79 Å². The monoisotopic (exact) mass is 365 g/mol. The minimum atomic E-state index is -0.622. The van der Waals surface area contributed by atoms with Gasteiger partial charge in [-0.25, -0.2) is 4.68 Å². The molecule has 1 aromatic heterocycles. The van der Waals surface area contributed by atoms with E-state index in [0.717, 1.165) is 22.6 Å². The molecule has 0 spiro atoms. The van der Waals surface area contributed by atoms with Crippen LogP contribution in [0.25, 0.3) is 5.69 Å². The average Bonchev–Trinajstić information content (AvgIpc) is 3.16. The molecule has 0 bridgehead atoms. The van der Waals surface area contributed by atoms with Gasteiger partial charge in [-0.2, -0.15) is 0 Å². The van der Waals surface area contributed by atoms with E-state index >= 15 is 0 Å². The maximum Gasteiger partial charge on any atom is 0.265 e. The van der Waals surface area contributed by atoms with Crippen LogP contribution in [0.4, 0.5) is 5.69 Å². The van der Waals surface area contributed by atoms with Gasteiger partial charge in [0.05, 0.1) is 5.69 Å². The third-order valence-electron chi connectivity index (χ3n) is 4.21. The topological polar surface area (TPSA) is 81.9 Å². The molecule has 1 heterocycles. The number of benzene rings is 2. The Kier molecular flexibility index (Phi) is 5.49. The number of rotatable bonds is 6. The molecule has 1 atom stereocenters. The lowest BCUT2D eigenvalue weighted by Crippen LogP contribution is -2.30. The number of aromatic nitrogens is 4. The molecule has 1 unspecified atom stereocenters. The number of carbonyl (C=O) groups is 1. The minimum Gasteiger partial charge on any atom is -0.481 e. The summed E-state index contributed by atoms with van der Waals surface area (Å²) in [5.74, 6) is 0.859. The zero-order valence-corrected chi connectivity index (χ0v) is 15.9. The fourth-order valence-corrected chi connectivity index (χ4v) is 2.69. The van der Waals surface area contributed by atoms with Gasteiger partial charge in [-0.05, 0) is 71.7 Å². The summed E-state index contributed by atoms with van der Waals surface area (Å²) in [6.07, 6.45) is 0.890. The van der Waals surface area contributed by atoms with Crippen LogP contribution in [0.5, 0.6) is 5.75 Å². The summed E-state index contributed by atoms with van der Waals surface area (Å²) in [7, 11) is 0. The van der Waals surface area contributed by atoms with Gasteiger partial charge < -0.3 is 10.1 Å². The van der Waals surface area contributed by atoms with Gasteiger partial charge in [-0.15, -0.1) is 5.10 Å². The summed E-state index contributed by atoms with van der Waals surface area (Å²) < 4.78 is 7.51. The van der Waals surface area contributed by atoms with Crippen molar-refractivity contribution in [2.75, 3.05) is 5.32 Å². The number of tetrazole rings is 1. The summed E-state index contributed by atoms with van der Waals surface area (Å²) in [6, 6.07) is 13.3. The fourth-order valence-electron chi connectivity index (χ4n) is 2.69. The first kappa shape index (κ1) is 18.6. The first-order chi connectivity index (χ1) is 12.9. The van der Waals surface area contributed by atoms with Gasteiger partial charge in [0, 0.05) is 5.69 Å². The summed E-state index contributed by atoms with van der Waals surface area (Å²) in [6.45, 7) is 7.97. The van der Waals surface area contributed by atoms with Gasteiger partial charge in [-0.1, -0.05) is 26.0 Å². The molecule has 27 heavy (non-hydrogen) atoms. The van der Waals surface area contributed by atoms with Crippen molar-refractivity contribution in [3.8, 4) is 11.4 Å². The number of nitrogens with zero attached hydrogens (tertiary/aromatic N) is 4. The lowest BCUT2D eigenvalue weighted by molar-refractivity contribution is -0.122. The molecule has 0 aliphatic rings. The van der Waals surface area contributed by atoms with Crippen LogP contribution in [0.3, 0.4) is 0 Å². The SMILES string of the molecule is Cc1ccc(C(C)C)c(OC(C)C(=O)Nc2ccc(-n3cnnn3)cc2)c1. The second-order valence-corrected chi connectivity index (χ2v) is 6.75. The number of amides is 1. The molecular weight excluding hydrogens is 342 g/mol. The highest BCUT2D eigenvalue weighted by atomic mass is 16.5. The quantitative estimate of drug-likeness (QED) is 0.723. The maximum atomic E-state index is 12.5. The zero-order chi connectivity index (χ0) is 19.4. The van der Waals surface area contributed by atoms with E-state index in [0.29, 0.717) is 11.6 Å². The van der Waals surface area contributed by atoms with Crippen LogP contribution in [0.15, 0.2) is 48.8 Å². The Morgan fingerprint density at radius 1 is 1.11 bits per heavy atom. The van der Waals surface area contributed by atoms with E-state index in [1.54, 1.807) is 23.7 Å². The summed E-state index contributed by atoms with van der Waals surface area (Å²) in [5, 5.41) is 13.9. The molecule has 0 fully saturated rings. The van der Waals surface area contributed by atoms with E-state index in [1.165, 1.54) is 6.33 Å². The van der Waals surface area contributed by atoms with Crippen LogP contribution in [-0.2, 0) is 4.79 Å². The number of carbonyl (C=O) groups excluding carboxylic acids is 1. The Labute approximate surface area is 158 Å². The number of hydrogen-bond acceptors (Lipinski definition) is 5. The largest absolute Gasteiger partial charge is 0.481 e. The van der Waals surface area contributed by atoms with Crippen LogP contribution in [0.2, 0.25) is 0 Å². The fraction of sp³-hybridized carbons (Fsp3) is 0.300. The van der Waals surface area contributed by atoms with Crippen molar-refractivity contribution in [3.63, 3.8) is 0 Å². The first-order valence-electron chi connectivity index (χ1n) is 8.85. The molecule has 7 nitrogen and oxygen atoms in total. The summed E-state index contributed by atoms with van der Waals surface area (Å²) in [5.41, 5.74) is 3.68. The standard InChI is InChI=1S/C20H23N5O2/c1-13(2)18-10-5-14(3)11-19(18)27-15(4)20(26)22-16-6-8-17(9-7-16)25-12-21-23-24-25/h5-13,15H,1-4H3,(H,22,26). The molecule has 0 saturated heterocycles. The molecule has 140 valence electrons. The highest BCUT2D eigenvalue weighted by Gasteiger charge is 2.18. The van der Waals surface area contributed by atoms with Crippen LogP contribution in [-0.4, -0.2) is 32.2 Å². The Hall–Kier alpha value is -3.22. The molecular formula is C20H23N5O2. The van der Waals surface area contributed by atoms with Gasteiger partial charge in [0.15, 0.2) is 6.10 Å². The van der Waals surface area contributed by atoms with E-state index < -0.39 is 6.10 Å². The molecule has 7 heteroatoms. The number of anilines is 1. The van der Waals surface area contributed by atoms with Gasteiger partial charge >= 0.3 is 0 Å². The van der Waals surface area contributed by atoms with Crippen molar-refractivity contribution < 1.29 is 9.53 Å². The van der Waals surface area contributed by atoms with E-state index in [1.807, 2.05) is 25.1 Å². The first-order valence-corrected chi connectivity index (χ1v) is 8.85. The second kappa shape index (κ2) is 7.99. The summed E-state index contributed by atoms with van der Waals surface area (Å²) in [4.78, 5) is 12.5. The number of nitrogens with one attached hydrogen (secondary N) is 1. The number of aryl methyl sites for hydroxylation is 1. The van der Waals surface area contributed by atoms with Gasteiger partial charge in [0.1, 0.15) is 12.1 Å². The van der Waals surface area contributed by atoms with Crippen molar-refractivity contribution >= 4 is 11.6 Å². The molecule has 3 aromatic rings. The van der Waals surface area contributed by atoms with Gasteiger partial charge in [0.25, 0.3) is 5.91 Å². The molecule has 1 N–H and O–H groups in total. The lowest BCUT2D eigenvalue weighted by atomic mass is 10.0. The number of hydrogen-bond donors (Lipinski definition) is 1. The molecule has 0 radical (unpaired) electrons. The predicted molar refractivity (Wildman–Crippen MR) is 103 cm³/mol. The average molecular weight is 365 g/mol. The maximum absolute atomic E-state index is 12.5. The third-order valence-corrected chi connectivity index (χ3v) is 4.21. The highest BCUT2D eigenvalue weighted by molar-refractivity contribution is 5.94. The second-order valence-electron chi connectivity index (χ2n) is 6.75. The van der Waals surface area contributed by atoms with E-state index in [4.69, 9.17) is 4.74 Å². The van der Waals surface area contributed by atoms with E-state index in [-0.39, 0.29) is 5.91 Å². The molecule has 1 amide bonds. The Balaban J connectivity index is 1.67. The minimum absolute atomic E-state index is 0.207. The molecule has 0 aliphatic carbocycles. The third kappa shape index (κ3) is 4.49. The van der Waals surface area contributed by atoms with E-state index in [9.17, 15) is 4.79 Å². The highest BCUT2D eigenvalue weighted by Crippen LogP contribution is 2.28. The van der Waals surface area contributed by atoms with Crippen LogP contribution in [0, 0.1) is 6.92 Å². The Morgan fingerprint density at radius 3 is 2.48 bits per heavy atom. The molecule has 0 saturated carbocycles. The van der Waals surface area contributed by atoms with Crippen LogP contribution >= 0.6 is 0 Å². The van der Waals surface area contributed by atoms with Crippen LogP contribution < -0.4 is 10.1 Å². The summed E-state index contributed by atoms with van der Waals surface area (Å²) >= 11 is 0. The Morgan fingerprint density at radius 2 is 1.85 bits per heavy atom. The molecule has 3 rings (SSSR count). The molecule has 2 aromatic carbocycles. The lowest BCUT2D eigenvalue weighted by Gasteiger charge is -2.19. The number of ether oxygens (including phenoxy) is 1. The van der Waals surface area contributed by atoms with Crippen molar-refractivity contribution in [2.45, 2.75) is 39.7 Å². The smallest absolute Gasteiger partial charge is 0.265 e. The van der Waals surface area contributed by atoms with Crippen molar-refractivity contribution in [1.29, 1.82) is 0 Å². The van der Waals surface area contributed by atoms with Crippen molar-refractivity contribution in [3.05, 3.63) is 59.9 Å². The zero-order valence-electron chi connectivity index (χ0n) is 15.9. The molecule has 0 aliphatic heterocycles. The van der Waals surface area contributed by atoms with E-state index in [2.05, 4.69) is 46.8 Å². The van der Waals surface area contributed by atoms with Crippen molar-refractivity contribution in [2.24, 2.45) is 0 Å². The van der Waals surface area contributed by atoms with Crippen molar-refractivity contribution in [1.82, 2.24) is 20.2 Å². The Bertz CT molecular complexity index is 905. The van der Waals surface area contributed by atoms with Gasteiger partial charge in [0.2, 0.25) is 0 Å². The van der Waals surface area contributed by atoms with Crippen LogP contribution in [0.1, 0.15) is 37.8 Å².